The third-order valence-corrected chi connectivity index (χ3v) is 1.93. The smallest absolute Gasteiger partial charge is 0.450 e. The van der Waals surface area contributed by atoms with Gasteiger partial charge in [0.05, 0.1) is 7.11 Å². The minimum atomic E-state index is -5.04. The molecule has 92 valence electrons. The highest BCUT2D eigenvalue weighted by atomic mass is 19.4. The molecule has 0 spiro atoms. The van der Waals surface area contributed by atoms with Gasteiger partial charge in [0, 0.05) is 12.8 Å². The minimum Gasteiger partial charge on any atom is -0.468 e. The van der Waals surface area contributed by atoms with E-state index in [1.54, 1.807) is 0 Å². The van der Waals surface area contributed by atoms with Crippen LogP contribution in [0.4, 0.5) is 13.2 Å². The number of ether oxygens (including phenoxy) is 1. The zero-order chi connectivity index (χ0) is 12.9. The Morgan fingerprint density at radius 1 is 1.25 bits per heavy atom. The maximum absolute atomic E-state index is 11.9. The van der Waals surface area contributed by atoms with Gasteiger partial charge in [-0.15, -0.1) is 0 Å². The van der Waals surface area contributed by atoms with E-state index in [0.717, 1.165) is 7.11 Å². The van der Waals surface area contributed by atoms with Gasteiger partial charge < -0.3 is 4.74 Å². The fourth-order valence-corrected chi connectivity index (χ4v) is 1.02. The summed E-state index contributed by atoms with van der Waals surface area (Å²) < 4.78 is 40.0. The third kappa shape index (κ3) is 4.00. The standard InChI is InChI=1S/C9H11F3O4/c1-3-6(13)5(8(15)16-2)4-7(14)9(10,11)12/h5H,3-4H2,1-2H3. The second-order valence-electron chi connectivity index (χ2n) is 3.02. The van der Waals surface area contributed by atoms with Gasteiger partial charge in [0.1, 0.15) is 11.7 Å². The van der Waals surface area contributed by atoms with Gasteiger partial charge in [0.15, 0.2) is 0 Å². The molecule has 0 heterocycles. The molecule has 0 saturated carbocycles. The normalized spacial score (nSPS) is 13.1. The van der Waals surface area contributed by atoms with Crippen molar-refractivity contribution in [1.82, 2.24) is 0 Å². The lowest BCUT2D eigenvalue weighted by molar-refractivity contribution is -0.174. The van der Waals surface area contributed by atoms with Crippen LogP contribution in [-0.2, 0) is 19.1 Å². The molecule has 1 atom stereocenters. The molecule has 0 amide bonds. The Morgan fingerprint density at radius 3 is 2.06 bits per heavy atom. The first-order chi connectivity index (χ1) is 7.23. The number of methoxy groups -OCH3 is 1. The average Bonchev–Trinajstić information content (AvgIpc) is 2.21. The first-order valence-electron chi connectivity index (χ1n) is 4.44. The summed E-state index contributed by atoms with van der Waals surface area (Å²) in [6.07, 6.45) is -6.37. The van der Waals surface area contributed by atoms with E-state index in [4.69, 9.17) is 0 Å². The van der Waals surface area contributed by atoms with Crippen LogP contribution in [0.3, 0.4) is 0 Å². The van der Waals surface area contributed by atoms with Crippen LogP contribution in [0, 0.1) is 5.92 Å². The van der Waals surface area contributed by atoms with Gasteiger partial charge in [0.2, 0.25) is 5.78 Å². The van der Waals surface area contributed by atoms with Crippen LogP contribution in [0.1, 0.15) is 19.8 Å². The Hall–Kier alpha value is -1.40. The Morgan fingerprint density at radius 2 is 1.75 bits per heavy atom. The van der Waals surface area contributed by atoms with Crippen molar-refractivity contribution in [3.8, 4) is 0 Å². The predicted molar refractivity (Wildman–Crippen MR) is 46.5 cm³/mol. The topological polar surface area (TPSA) is 60.4 Å². The largest absolute Gasteiger partial charge is 0.468 e. The van der Waals surface area contributed by atoms with E-state index in [1.807, 2.05) is 0 Å². The molecule has 0 saturated heterocycles. The van der Waals surface area contributed by atoms with Crippen molar-refractivity contribution < 1.29 is 32.3 Å². The number of hydrogen-bond acceptors (Lipinski definition) is 4. The molecular formula is C9H11F3O4. The molecule has 1 unspecified atom stereocenters. The van der Waals surface area contributed by atoms with E-state index in [9.17, 15) is 27.6 Å². The van der Waals surface area contributed by atoms with Gasteiger partial charge in [-0.25, -0.2) is 0 Å². The zero-order valence-electron chi connectivity index (χ0n) is 8.76. The van der Waals surface area contributed by atoms with E-state index in [-0.39, 0.29) is 6.42 Å². The molecule has 0 aliphatic carbocycles. The summed E-state index contributed by atoms with van der Waals surface area (Å²) in [6.45, 7) is 1.39. The van der Waals surface area contributed by atoms with Gasteiger partial charge in [-0.05, 0) is 0 Å². The van der Waals surface area contributed by atoms with Gasteiger partial charge in [-0.3, -0.25) is 14.4 Å². The van der Waals surface area contributed by atoms with E-state index < -0.39 is 36.1 Å². The van der Waals surface area contributed by atoms with Crippen LogP contribution in [0.15, 0.2) is 0 Å². The number of carbonyl (C=O) groups excluding carboxylic acids is 3. The monoisotopic (exact) mass is 240 g/mol. The average molecular weight is 240 g/mol. The Kier molecular flexibility index (Phi) is 5.13. The molecule has 0 aromatic carbocycles. The highest BCUT2D eigenvalue weighted by Crippen LogP contribution is 2.22. The molecule has 0 bridgehead atoms. The summed E-state index contributed by atoms with van der Waals surface area (Å²) >= 11 is 0. The Labute approximate surface area is 89.8 Å². The molecule has 0 aromatic rings. The SMILES string of the molecule is CCC(=O)C(CC(=O)C(F)(F)F)C(=O)OC. The molecule has 0 rings (SSSR count). The van der Waals surface area contributed by atoms with Crippen LogP contribution >= 0.6 is 0 Å². The number of halogens is 3. The van der Waals surface area contributed by atoms with Crippen LogP contribution in [-0.4, -0.2) is 30.8 Å². The number of ketones is 2. The van der Waals surface area contributed by atoms with Crippen molar-refractivity contribution in [2.24, 2.45) is 5.92 Å². The van der Waals surface area contributed by atoms with Crippen LogP contribution in [0.25, 0.3) is 0 Å². The van der Waals surface area contributed by atoms with E-state index in [2.05, 4.69) is 4.74 Å². The fraction of sp³-hybridized carbons (Fsp3) is 0.667. The molecule has 0 aliphatic rings. The summed E-state index contributed by atoms with van der Waals surface area (Å²) in [4.78, 5) is 32.8. The van der Waals surface area contributed by atoms with Crippen molar-refractivity contribution >= 4 is 17.5 Å². The maximum atomic E-state index is 11.9. The second-order valence-corrected chi connectivity index (χ2v) is 3.02. The number of esters is 1. The molecule has 0 fully saturated rings. The zero-order valence-corrected chi connectivity index (χ0v) is 8.76. The molecule has 4 nitrogen and oxygen atoms in total. The Balaban J connectivity index is 4.76. The number of alkyl halides is 3. The van der Waals surface area contributed by atoms with E-state index >= 15 is 0 Å². The van der Waals surface area contributed by atoms with Crippen molar-refractivity contribution in [3.05, 3.63) is 0 Å². The summed E-state index contributed by atoms with van der Waals surface area (Å²) in [5, 5.41) is 0. The summed E-state index contributed by atoms with van der Waals surface area (Å²) in [7, 11) is 0.941. The quantitative estimate of drug-likeness (QED) is 0.536. The number of Topliss-reactive ketones (excluding diaryl/α,β-unsaturated/α-hetero) is 2. The summed E-state index contributed by atoms with van der Waals surface area (Å²) in [6, 6.07) is 0. The molecule has 16 heavy (non-hydrogen) atoms. The van der Waals surface area contributed by atoms with E-state index in [0.29, 0.717) is 0 Å². The van der Waals surface area contributed by atoms with Crippen molar-refractivity contribution in [3.63, 3.8) is 0 Å². The van der Waals surface area contributed by atoms with Crippen molar-refractivity contribution in [2.75, 3.05) is 7.11 Å². The molecular weight excluding hydrogens is 229 g/mol. The van der Waals surface area contributed by atoms with E-state index in [1.165, 1.54) is 6.92 Å². The predicted octanol–water partition coefficient (Wildman–Crippen LogP) is 1.28. The number of hydrogen-bond donors (Lipinski definition) is 0. The summed E-state index contributed by atoms with van der Waals surface area (Å²) in [5.41, 5.74) is 0. The molecule has 0 aliphatic heterocycles. The van der Waals surface area contributed by atoms with Crippen molar-refractivity contribution in [2.45, 2.75) is 25.9 Å². The first-order valence-corrected chi connectivity index (χ1v) is 4.44. The number of rotatable bonds is 5. The van der Waals surface area contributed by atoms with Crippen molar-refractivity contribution in [1.29, 1.82) is 0 Å². The summed E-state index contributed by atoms with van der Waals surface area (Å²) in [5.74, 6) is -5.64. The van der Waals surface area contributed by atoms with Gasteiger partial charge in [-0.1, -0.05) is 6.92 Å². The fourth-order valence-electron chi connectivity index (χ4n) is 1.02. The molecule has 7 heteroatoms. The lowest BCUT2D eigenvalue weighted by Crippen LogP contribution is -2.32. The molecule has 0 radical (unpaired) electrons. The van der Waals surface area contributed by atoms with Gasteiger partial charge in [0.25, 0.3) is 0 Å². The first kappa shape index (κ1) is 14.6. The Bertz CT molecular complexity index is 280. The minimum absolute atomic E-state index is 0.134. The van der Waals surface area contributed by atoms with Gasteiger partial charge in [-0.2, -0.15) is 13.2 Å². The molecule has 0 aromatic heterocycles. The highest BCUT2D eigenvalue weighted by molar-refractivity contribution is 6.03. The van der Waals surface area contributed by atoms with Crippen LogP contribution < -0.4 is 0 Å². The van der Waals surface area contributed by atoms with Crippen LogP contribution in [0.2, 0.25) is 0 Å². The van der Waals surface area contributed by atoms with Crippen LogP contribution in [0.5, 0.6) is 0 Å². The maximum Gasteiger partial charge on any atom is 0.450 e. The second kappa shape index (κ2) is 5.62. The molecule has 0 N–H and O–H groups in total. The lowest BCUT2D eigenvalue weighted by Gasteiger charge is -2.12. The third-order valence-electron chi connectivity index (χ3n) is 1.93. The highest BCUT2D eigenvalue weighted by Gasteiger charge is 2.42. The number of carbonyl (C=O) groups is 3. The van der Waals surface area contributed by atoms with Gasteiger partial charge >= 0.3 is 12.1 Å². The lowest BCUT2D eigenvalue weighted by atomic mass is 9.96.